The fourth-order valence-corrected chi connectivity index (χ4v) is 3.68. The van der Waals surface area contributed by atoms with E-state index in [-0.39, 0.29) is 11.6 Å². The Hall–Kier alpha value is -2.69. The molecular formula is C16H14F3N5O2S. The first-order valence-corrected chi connectivity index (χ1v) is 9.03. The third kappa shape index (κ3) is 3.34. The number of halogens is 3. The molecule has 3 aromatic heterocycles. The van der Waals surface area contributed by atoms with Gasteiger partial charge in [0.25, 0.3) is 5.91 Å². The summed E-state index contributed by atoms with van der Waals surface area (Å²) in [5.41, 5.74) is -0.355. The second kappa shape index (κ2) is 6.48. The standard InChI is InChI=1S/C16H14F3N5O2S/c1-23-12(16(17,18)19)6-11(22-23)15(25)24-4-2-9(7-24)13-20-21-14(26-13)10-3-5-27-8-10/h3,5-6,8-9H,2,4,7H2,1H3. The Kier molecular flexibility index (Phi) is 4.25. The summed E-state index contributed by atoms with van der Waals surface area (Å²) < 4.78 is 45.0. The summed E-state index contributed by atoms with van der Waals surface area (Å²) in [5, 5.41) is 15.6. The summed E-state index contributed by atoms with van der Waals surface area (Å²) in [6.45, 7) is 0.680. The first kappa shape index (κ1) is 17.7. The molecule has 3 aromatic rings. The van der Waals surface area contributed by atoms with Crippen LogP contribution in [0.5, 0.6) is 0 Å². The molecule has 27 heavy (non-hydrogen) atoms. The predicted molar refractivity (Wildman–Crippen MR) is 89.1 cm³/mol. The molecule has 1 amide bonds. The third-order valence-electron chi connectivity index (χ3n) is 4.42. The number of aryl methyl sites for hydroxylation is 1. The molecule has 4 rings (SSSR count). The molecule has 0 saturated carbocycles. The second-order valence-electron chi connectivity index (χ2n) is 6.23. The maximum absolute atomic E-state index is 12.9. The van der Waals surface area contributed by atoms with Crippen molar-refractivity contribution in [1.82, 2.24) is 24.9 Å². The number of hydrogen-bond acceptors (Lipinski definition) is 6. The highest BCUT2D eigenvalue weighted by Crippen LogP contribution is 2.32. The monoisotopic (exact) mass is 397 g/mol. The van der Waals surface area contributed by atoms with Gasteiger partial charge < -0.3 is 9.32 Å². The fourth-order valence-electron chi connectivity index (χ4n) is 3.05. The van der Waals surface area contributed by atoms with Crippen molar-refractivity contribution in [3.05, 3.63) is 40.2 Å². The number of hydrogen-bond donors (Lipinski definition) is 0. The maximum Gasteiger partial charge on any atom is 0.433 e. The molecule has 11 heteroatoms. The fraction of sp³-hybridized carbons (Fsp3) is 0.375. The van der Waals surface area contributed by atoms with Gasteiger partial charge in [-0.1, -0.05) is 0 Å². The van der Waals surface area contributed by atoms with Crippen molar-refractivity contribution in [2.45, 2.75) is 18.5 Å². The van der Waals surface area contributed by atoms with Gasteiger partial charge in [-0.25, -0.2) is 0 Å². The van der Waals surface area contributed by atoms with Crippen LogP contribution in [0.25, 0.3) is 11.5 Å². The molecular weight excluding hydrogens is 383 g/mol. The number of carbonyl (C=O) groups is 1. The van der Waals surface area contributed by atoms with Crippen LogP contribution in [0.2, 0.25) is 0 Å². The molecule has 0 aliphatic carbocycles. The topological polar surface area (TPSA) is 77.1 Å². The Labute approximate surface area is 155 Å². The summed E-state index contributed by atoms with van der Waals surface area (Å²) >= 11 is 1.51. The number of amides is 1. The molecule has 1 fully saturated rings. The predicted octanol–water partition coefficient (Wildman–Crippen LogP) is 3.18. The van der Waals surface area contributed by atoms with E-state index in [1.807, 2.05) is 16.8 Å². The average Bonchev–Trinajstić information content (AvgIpc) is 3.36. The Balaban J connectivity index is 1.47. The van der Waals surface area contributed by atoms with Gasteiger partial charge >= 0.3 is 6.18 Å². The number of thiophene rings is 1. The average molecular weight is 397 g/mol. The van der Waals surface area contributed by atoms with Crippen LogP contribution in [-0.2, 0) is 13.2 Å². The lowest BCUT2D eigenvalue weighted by Gasteiger charge is -2.13. The quantitative estimate of drug-likeness (QED) is 0.678. The van der Waals surface area contributed by atoms with Crippen molar-refractivity contribution in [3.63, 3.8) is 0 Å². The van der Waals surface area contributed by atoms with Crippen molar-refractivity contribution < 1.29 is 22.4 Å². The Morgan fingerprint density at radius 1 is 1.37 bits per heavy atom. The minimum Gasteiger partial charge on any atom is -0.420 e. The summed E-state index contributed by atoms with van der Waals surface area (Å²) in [4.78, 5) is 14.0. The lowest BCUT2D eigenvalue weighted by atomic mass is 10.1. The molecule has 1 aliphatic heterocycles. The highest BCUT2D eigenvalue weighted by atomic mass is 32.1. The lowest BCUT2D eigenvalue weighted by molar-refractivity contribution is -0.143. The normalized spacial score (nSPS) is 17.6. The van der Waals surface area contributed by atoms with Crippen molar-refractivity contribution in [2.24, 2.45) is 7.05 Å². The Bertz CT molecular complexity index is 963. The number of alkyl halides is 3. The van der Waals surface area contributed by atoms with E-state index in [0.29, 0.717) is 36.0 Å². The Morgan fingerprint density at radius 2 is 2.19 bits per heavy atom. The minimum absolute atomic E-state index is 0.153. The van der Waals surface area contributed by atoms with Crippen LogP contribution in [-0.4, -0.2) is 43.9 Å². The number of rotatable bonds is 3. The Morgan fingerprint density at radius 3 is 2.85 bits per heavy atom. The van der Waals surface area contributed by atoms with E-state index in [0.717, 1.165) is 18.7 Å². The van der Waals surface area contributed by atoms with Crippen molar-refractivity contribution in [2.75, 3.05) is 13.1 Å². The molecule has 1 atom stereocenters. The molecule has 142 valence electrons. The highest BCUT2D eigenvalue weighted by Gasteiger charge is 2.37. The first-order chi connectivity index (χ1) is 12.8. The number of likely N-dealkylation sites (tertiary alicyclic amines) is 1. The van der Waals surface area contributed by atoms with Gasteiger partial charge in [-0.05, 0) is 17.9 Å². The van der Waals surface area contributed by atoms with Crippen molar-refractivity contribution >= 4 is 17.2 Å². The van der Waals surface area contributed by atoms with Crippen LogP contribution in [0.3, 0.4) is 0 Å². The van der Waals surface area contributed by atoms with Crippen LogP contribution in [0.4, 0.5) is 13.2 Å². The van der Waals surface area contributed by atoms with E-state index >= 15 is 0 Å². The van der Waals surface area contributed by atoms with E-state index in [4.69, 9.17) is 4.42 Å². The number of carbonyl (C=O) groups excluding carboxylic acids is 1. The zero-order valence-electron chi connectivity index (χ0n) is 14.1. The highest BCUT2D eigenvalue weighted by molar-refractivity contribution is 7.08. The second-order valence-corrected chi connectivity index (χ2v) is 7.01. The van der Waals surface area contributed by atoms with Crippen LogP contribution >= 0.6 is 11.3 Å². The van der Waals surface area contributed by atoms with Crippen LogP contribution in [0, 0.1) is 0 Å². The molecule has 7 nitrogen and oxygen atoms in total. The summed E-state index contributed by atoms with van der Waals surface area (Å²) in [7, 11) is 1.16. The summed E-state index contributed by atoms with van der Waals surface area (Å²) in [6.07, 6.45) is -3.97. The zero-order chi connectivity index (χ0) is 19.2. The molecule has 0 aromatic carbocycles. The molecule has 1 saturated heterocycles. The van der Waals surface area contributed by atoms with Crippen LogP contribution in [0.15, 0.2) is 27.3 Å². The van der Waals surface area contributed by atoms with E-state index in [1.165, 1.54) is 16.2 Å². The molecule has 1 aliphatic rings. The largest absolute Gasteiger partial charge is 0.433 e. The molecule has 0 N–H and O–H groups in total. The molecule has 0 radical (unpaired) electrons. The van der Waals surface area contributed by atoms with Gasteiger partial charge in [0, 0.05) is 37.1 Å². The van der Waals surface area contributed by atoms with Gasteiger partial charge in [0.1, 0.15) is 5.69 Å². The van der Waals surface area contributed by atoms with Gasteiger partial charge in [-0.2, -0.15) is 29.6 Å². The van der Waals surface area contributed by atoms with E-state index in [2.05, 4.69) is 15.3 Å². The van der Waals surface area contributed by atoms with Gasteiger partial charge in [0.05, 0.1) is 5.92 Å². The summed E-state index contributed by atoms with van der Waals surface area (Å²) in [5.74, 6) is 0.139. The van der Waals surface area contributed by atoms with Gasteiger partial charge in [-0.15, -0.1) is 10.2 Å². The van der Waals surface area contributed by atoms with Crippen LogP contribution < -0.4 is 0 Å². The van der Waals surface area contributed by atoms with Gasteiger partial charge in [0.15, 0.2) is 5.69 Å². The first-order valence-electron chi connectivity index (χ1n) is 8.09. The zero-order valence-corrected chi connectivity index (χ0v) is 14.9. The SMILES string of the molecule is Cn1nc(C(=O)N2CCC(c3nnc(-c4ccsc4)o3)C2)cc1C(F)(F)F. The van der Waals surface area contributed by atoms with Crippen LogP contribution in [0.1, 0.15) is 34.4 Å². The smallest absolute Gasteiger partial charge is 0.420 e. The van der Waals surface area contributed by atoms with Crippen molar-refractivity contribution in [1.29, 1.82) is 0 Å². The molecule has 1 unspecified atom stereocenters. The lowest BCUT2D eigenvalue weighted by Crippen LogP contribution is -2.29. The number of aromatic nitrogens is 4. The van der Waals surface area contributed by atoms with Gasteiger partial charge in [0.2, 0.25) is 11.8 Å². The van der Waals surface area contributed by atoms with E-state index in [1.54, 1.807) is 0 Å². The minimum atomic E-state index is -4.56. The van der Waals surface area contributed by atoms with E-state index in [9.17, 15) is 18.0 Å². The van der Waals surface area contributed by atoms with Crippen molar-refractivity contribution in [3.8, 4) is 11.5 Å². The molecule has 0 spiro atoms. The van der Waals surface area contributed by atoms with Gasteiger partial charge in [-0.3, -0.25) is 9.48 Å². The third-order valence-corrected chi connectivity index (χ3v) is 5.11. The molecule has 0 bridgehead atoms. The van der Waals surface area contributed by atoms with E-state index < -0.39 is 17.8 Å². The molecule has 4 heterocycles. The number of nitrogens with zero attached hydrogens (tertiary/aromatic N) is 5. The summed E-state index contributed by atoms with van der Waals surface area (Å²) in [6, 6.07) is 2.64. The maximum atomic E-state index is 12.9.